The molecule has 1 atom stereocenters. The fraction of sp³-hybridized carbons (Fsp3) is 0.185. The molecule has 5 rings (SSSR count). The fourth-order valence-electron chi connectivity index (χ4n) is 4.44. The van der Waals surface area contributed by atoms with Crippen molar-refractivity contribution in [1.82, 2.24) is 19.7 Å². The highest BCUT2D eigenvalue weighted by Crippen LogP contribution is 2.43. The van der Waals surface area contributed by atoms with Gasteiger partial charge in [0, 0.05) is 17.5 Å². The van der Waals surface area contributed by atoms with Crippen LogP contribution in [0.2, 0.25) is 0 Å². The molecule has 0 radical (unpaired) electrons. The molecule has 0 bridgehead atoms. The molecule has 188 valence electrons. The Hall–Kier alpha value is -4.86. The highest BCUT2D eigenvalue weighted by Gasteiger charge is 2.37. The van der Waals surface area contributed by atoms with E-state index in [2.05, 4.69) is 15.6 Å². The van der Waals surface area contributed by atoms with Gasteiger partial charge in [0.05, 0.1) is 44.4 Å². The summed E-state index contributed by atoms with van der Waals surface area (Å²) >= 11 is 0. The molecular weight excluding hydrogens is 472 g/mol. The number of fused-ring (bicyclic) bond motifs is 1. The number of para-hydroxylation sites is 2. The number of nitrogens with one attached hydrogen (secondary N) is 2. The van der Waals surface area contributed by atoms with E-state index in [1.54, 1.807) is 56.6 Å². The minimum Gasteiger partial charge on any atom is -0.496 e. The SMILES string of the molecule is COc1ccccc1-c1nc2n(n1)[C@@H](c1cccc(OC)c1OC)C(C(=O)Nc1cccnc1)=C(C)N2. The summed E-state index contributed by atoms with van der Waals surface area (Å²) in [6.45, 7) is 1.83. The van der Waals surface area contributed by atoms with E-state index in [0.29, 0.717) is 51.5 Å². The van der Waals surface area contributed by atoms with Gasteiger partial charge in [-0.3, -0.25) is 9.78 Å². The maximum atomic E-state index is 13.7. The molecule has 0 unspecified atom stereocenters. The van der Waals surface area contributed by atoms with E-state index in [0.717, 1.165) is 5.56 Å². The van der Waals surface area contributed by atoms with Gasteiger partial charge < -0.3 is 24.8 Å². The van der Waals surface area contributed by atoms with Gasteiger partial charge in [-0.15, -0.1) is 5.10 Å². The number of amides is 1. The van der Waals surface area contributed by atoms with E-state index in [9.17, 15) is 4.79 Å². The van der Waals surface area contributed by atoms with Crippen molar-refractivity contribution < 1.29 is 19.0 Å². The number of hydrogen-bond donors (Lipinski definition) is 2. The van der Waals surface area contributed by atoms with Crippen LogP contribution in [0, 0.1) is 0 Å². The molecule has 0 saturated heterocycles. The van der Waals surface area contributed by atoms with E-state index in [1.165, 1.54) is 0 Å². The van der Waals surface area contributed by atoms with Crippen LogP contribution in [-0.2, 0) is 4.79 Å². The number of ether oxygens (including phenoxy) is 3. The number of carbonyl (C=O) groups excluding carboxylic acids is 1. The number of methoxy groups -OCH3 is 3. The van der Waals surface area contributed by atoms with Crippen molar-refractivity contribution in [3.05, 3.63) is 83.8 Å². The molecule has 2 aromatic heterocycles. The Kier molecular flexibility index (Phi) is 6.46. The van der Waals surface area contributed by atoms with E-state index in [1.807, 2.05) is 43.3 Å². The quantitative estimate of drug-likeness (QED) is 0.388. The van der Waals surface area contributed by atoms with Crippen LogP contribution in [0.3, 0.4) is 0 Å². The number of benzene rings is 2. The standard InChI is InChI=1S/C27H26N6O4/c1-16-22(26(34)30-17-9-8-14-28-15-17)23(19-11-7-13-21(36-3)24(19)37-4)33-27(29-16)31-25(32-33)18-10-5-6-12-20(18)35-2/h5-15,23H,1-4H3,(H,30,34)(H,29,31,32)/t23-/m0/s1. The zero-order valence-corrected chi connectivity index (χ0v) is 20.9. The normalized spacial score (nSPS) is 14.4. The first-order valence-electron chi connectivity index (χ1n) is 11.6. The molecule has 0 aliphatic carbocycles. The number of hydrogen-bond acceptors (Lipinski definition) is 8. The number of aromatic nitrogens is 4. The predicted octanol–water partition coefficient (Wildman–Crippen LogP) is 4.29. The summed E-state index contributed by atoms with van der Waals surface area (Å²) < 4.78 is 18.5. The second-order valence-corrected chi connectivity index (χ2v) is 8.25. The van der Waals surface area contributed by atoms with Gasteiger partial charge in [0.2, 0.25) is 5.95 Å². The summed E-state index contributed by atoms with van der Waals surface area (Å²) in [4.78, 5) is 22.6. The van der Waals surface area contributed by atoms with Crippen LogP contribution in [0.1, 0.15) is 18.5 Å². The van der Waals surface area contributed by atoms with Crippen LogP contribution in [0.25, 0.3) is 11.4 Å². The molecule has 10 heteroatoms. The molecule has 1 aliphatic heterocycles. The third-order valence-electron chi connectivity index (χ3n) is 6.09. The van der Waals surface area contributed by atoms with E-state index >= 15 is 0 Å². The van der Waals surface area contributed by atoms with E-state index in [4.69, 9.17) is 24.3 Å². The number of pyridine rings is 1. The minimum absolute atomic E-state index is 0.312. The topological polar surface area (TPSA) is 112 Å². The molecule has 2 N–H and O–H groups in total. The lowest BCUT2D eigenvalue weighted by Crippen LogP contribution is -2.31. The van der Waals surface area contributed by atoms with Crippen LogP contribution in [-0.4, -0.2) is 47.0 Å². The summed E-state index contributed by atoms with van der Waals surface area (Å²) in [7, 11) is 4.74. The maximum Gasteiger partial charge on any atom is 0.255 e. The smallest absolute Gasteiger partial charge is 0.255 e. The van der Waals surface area contributed by atoms with Crippen LogP contribution < -0.4 is 24.8 Å². The van der Waals surface area contributed by atoms with Crippen molar-refractivity contribution >= 4 is 17.5 Å². The largest absolute Gasteiger partial charge is 0.496 e. The Balaban J connectivity index is 1.68. The van der Waals surface area contributed by atoms with Crippen LogP contribution in [0.5, 0.6) is 17.2 Å². The van der Waals surface area contributed by atoms with Crippen LogP contribution >= 0.6 is 0 Å². The summed E-state index contributed by atoms with van der Waals surface area (Å²) in [5, 5.41) is 11.0. The average Bonchev–Trinajstić information content (AvgIpc) is 3.35. The second kappa shape index (κ2) is 10.0. The zero-order chi connectivity index (χ0) is 25.9. The van der Waals surface area contributed by atoms with Gasteiger partial charge in [0.25, 0.3) is 5.91 Å². The van der Waals surface area contributed by atoms with Gasteiger partial charge in [-0.2, -0.15) is 4.98 Å². The number of anilines is 2. The lowest BCUT2D eigenvalue weighted by molar-refractivity contribution is -0.113. The zero-order valence-electron chi connectivity index (χ0n) is 20.9. The lowest BCUT2D eigenvalue weighted by Gasteiger charge is -2.29. The first kappa shape index (κ1) is 23.9. The predicted molar refractivity (Wildman–Crippen MR) is 139 cm³/mol. The number of allylic oxidation sites excluding steroid dienone is 1. The molecular formula is C27H26N6O4. The average molecular weight is 499 g/mol. The number of rotatable bonds is 7. The molecule has 0 spiro atoms. The molecule has 10 nitrogen and oxygen atoms in total. The van der Waals surface area contributed by atoms with Crippen molar-refractivity contribution in [1.29, 1.82) is 0 Å². The van der Waals surface area contributed by atoms with Gasteiger partial charge >= 0.3 is 0 Å². The summed E-state index contributed by atoms with van der Waals surface area (Å²) in [6.07, 6.45) is 3.24. The first-order chi connectivity index (χ1) is 18.0. The Morgan fingerprint density at radius 3 is 2.49 bits per heavy atom. The van der Waals surface area contributed by atoms with Crippen molar-refractivity contribution in [3.63, 3.8) is 0 Å². The Morgan fingerprint density at radius 1 is 0.973 bits per heavy atom. The van der Waals surface area contributed by atoms with Gasteiger partial charge in [-0.05, 0) is 37.3 Å². The van der Waals surface area contributed by atoms with Crippen LogP contribution in [0.4, 0.5) is 11.6 Å². The first-order valence-corrected chi connectivity index (χ1v) is 11.6. The minimum atomic E-state index is -0.672. The molecule has 37 heavy (non-hydrogen) atoms. The molecule has 4 aromatic rings. The highest BCUT2D eigenvalue weighted by molar-refractivity contribution is 6.06. The molecule has 3 heterocycles. The monoisotopic (exact) mass is 498 g/mol. The van der Waals surface area contributed by atoms with Crippen molar-refractivity contribution in [3.8, 4) is 28.6 Å². The summed E-state index contributed by atoms with van der Waals surface area (Å²) in [6, 6.07) is 15.9. The van der Waals surface area contributed by atoms with Gasteiger partial charge in [-0.25, -0.2) is 4.68 Å². The molecule has 2 aromatic carbocycles. The molecule has 1 amide bonds. The number of carbonyl (C=O) groups is 1. The van der Waals surface area contributed by atoms with Gasteiger partial charge in [0.15, 0.2) is 17.3 Å². The molecule has 0 saturated carbocycles. The molecule has 0 fully saturated rings. The highest BCUT2D eigenvalue weighted by atomic mass is 16.5. The lowest BCUT2D eigenvalue weighted by atomic mass is 9.94. The second-order valence-electron chi connectivity index (χ2n) is 8.25. The Bertz CT molecular complexity index is 1480. The van der Waals surface area contributed by atoms with E-state index < -0.39 is 6.04 Å². The van der Waals surface area contributed by atoms with Crippen LogP contribution in [0.15, 0.2) is 78.3 Å². The maximum absolute atomic E-state index is 13.7. The fourth-order valence-corrected chi connectivity index (χ4v) is 4.44. The third-order valence-corrected chi connectivity index (χ3v) is 6.09. The summed E-state index contributed by atoms with van der Waals surface area (Å²) in [5.41, 5.74) is 3.06. The van der Waals surface area contributed by atoms with Gasteiger partial charge in [-0.1, -0.05) is 24.3 Å². The third kappa shape index (κ3) is 4.33. The Morgan fingerprint density at radius 2 is 1.76 bits per heavy atom. The van der Waals surface area contributed by atoms with E-state index in [-0.39, 0.29) is 5.91 Å². The van der Waals surface area contributed by atoms with Gasteiger partial charge in [0.1, 0.15) is 11.8 Å². The van der Waals surface area contributed by atoms with Crippen molar-refractivity contribution in [2.75, 3.05) is 32.0 Å². The van der Waals surface area contributed by atoms with Crippen molar-refractivity contribution in [2.45, 2.75) is 13.0 Å². The number of nitrogens with zero attached hydrogens (tertiary/aromatic N) is 4. The van der Waals surface area contributed by atoms with Crippen molar-refractivity contribution in [2.24, 2.45) is 0 Å². The molecule has 1 aliphatic rings. The Labute approximate surface area is 213 Å². The summed E-state index contributed by atoms with van der Waals surface area (Å²) in [5.74, 6) is 2.29.